The summed E-state index contributed by atoms with van der Waals surface area (Å²) in [6, 6.07) is 0. The van der Waals surface area contributed by atoms with Crippen molar-refractivity contribution in [1.82, 2.24) is 0 Å². The zero-order valence-electron chi connectivity index (χ0n) is 20.6. The number of fused-ring (bicyclic) bond motifs is 5. The topological polar surface area (TPSA) is 0 Å². The third-order valence-electron chi connectivity index (χ3n) is 11.3. The average Bonchev–Trinajstić information content (AvgIpc) is 3.05. The van der Waals surface area contributed by atoms with Crippen molar-refractivity contribution in [2.24, 2.45) is 58.2 Å². The van der Waals surface area contributed by atoms with Crippen LogP contribution >= 0.6 is 0 Å². The molecule has 4 saturated carbocycles. The van der Waals surface area contributed by atoms with Gasteiger partial charge in [0.1, 0.15) is 0 Å². The summed E-state index contributed by atoms with van der Waals surface area (Å²) in [5.41, 5.74) is 1.31. The lowest BCUT2D eigenvalue weighted by Crippen LogP contribution is -2.53. The molecule has 4 rings (SSSR count). The summed E-state index contributed by atoms with van der Waals surface area (Å²) in [4.78, 5) is 0. The van der Waals surface area contributed by atoms with E-state index >= 15 is 0 Å². The van der Waals surface area contributed by atoms with Crippen LogP contribution in [0.3, 0.4) is 0 Å². The minimum absolute atomic E-state index is 0.613. The van der Waals surface area contributed by atoms with Gasteiger partial charge in [-0.2, -0.15) is 0 Å². The van der Waals surface area contributed by atoms with Crippen LogP contribution in [0.2, 0.25) is 0 Å². The first-order valence-corrected chi connectivity index (χ1v) is 13.5. The molecule has 4 aliphatic rings. The van der Waals surface area contributed by atoms with Crippen molar-refractivity contribution in [1.29, 1.82) is 0 Å². The lowest BCUT2D eigenvalue weighted by Gasteiger charge is -2.60. The average molecular weight is 399 g/mol. The van der Waals surface area contributed by atoms with Gasteiger partial charge in [-0.05, 0) is 116 Å². The number of rotatable bonds is 5. The monoisotopic (exact) mass is 398 g/mol. The molecule has 166 valence electrons. The molecule has 0 N–H and O–H groups in total. The first kappa shape index (κ1) is 22.0. The Hall–Kier alpha value is -0.260. The second-order valence-corrected chi connectivity index (χ2v) is 12.7. The van der Waals surface area contributed by atoms with E-state index in [2.05, 4.69) is 53.7 Å². The standard InChI is InChI=1S/C29H50/c1-7-22(20(2)3)12-11-21(4)25-15-16-26-24-14-13-23-10-8-9-18-28(23,5)27(24)17-19-29(25,26)6/h11-12,20-27H,7-10,13-19H2,1-6H3/b12-11+/t21-,22?,23?,24?,25?,26?,27?,28?,29?/m1/s1. The van der Waals surface area contributed by atoms with Gasteiger partial charge in [-0.25, -0.2) is 0 Å². The van der Waals surface area contributed by atoms with E-state index in [9.17, 15) is 0 Å². The van der Waals surface area contributed by atoms with Crippen LogP contribution in [0.25, 0.3) is 0 Å². The van der Waals surface area contributed by atoms with Crippen LogP contribution in [0.5, 0.6) is 0 Å². The fraction of sp³-hybridized carbons (Fsp3) is 0.931. The zero-order chi connectivity index (χ0) is 20.8. The molecular weight excluding hydrogens is 348 g/mol. The molecule has 0 aliphatic heterocycles. The largest absolute Gasteiger partial charge is 0.0851 e. The van der Waals surface area contributed by atoms with Crippen LogP contribution in [0.15, 0.2) is 12.2 Å². The molecular formula is C29H50. The Morgan fingerprint density at radius 2 is 1.55 bits per heavy atom. The van der Waals surface area contributed by atoms with E-state index in [1.165, 1.54) is 38.5 Å². The van der Waals surface area contributed by atoms with Gasteiger partial charge >= 0.3 is 0 Å². The van der Waals surface area contributed by atoms with E-state index in [1.54, 1.807) is 32.1 Å². The van der Waals surface area contributed by atoms with Crippen molar-refractivity contribution in [2.75, 3.05) is 0 Å². The van der Waals surface area contributed by atoms with Crippen LogP contribution in [0.1, 0.15) is 112 Å². The van der Waals surface area contributed by atoms with Crippen LogP contribution in [0.4, 0.5) is 0 Å². The normalized spacial score (nSPS) is 46.9. The van der Waals surface area contributed by atoms with Crippen LogP contribution in [-0.4, -0.2) is 0 Å². The Morgan fingerprint density at radius 3 is 2.28 bits per heavy atom. The van der Waals surface area contributed by atoms with Crippen LogP contribution < -0.4 is 0 Å². The second kappa shape index (κ2) is 8.35. The first-order chi connectivity index (χ1) is 13.8. The molecule has 0 aromatic carbocycles. The molecule has 8 unspecified atom stereocenters. The highest BCUT2D eigenvalue weighted by atomic mass is 14.6. The van der Waals surface area contributed by atoms with Gasteiger partial charge in [-0.3, -0.25) is 0 Å². The molecule has 4 fully saturated rings. The molecule has 9 atom stereocenters. The summed E-state index contributed by atoms with van der Waals surface area (Å²) >= 11 is 0. The van der Waals surface area contributed by atoms with E-state index in [1.807, 2.05) is 0 Å². The third-order valence-corrected chi connectivity index (χ3v) is 11.3. The Morgan fingerprint density at radius 1 is 0.793 bits per heavy atom. The summed E-state index contributed by atoms with van der Waals surface area (Å²) in [5, 5.41) is 0. The Labute approximate surface area is 182 Å². The fourth-order valence-corrected chi connectivity index (χ4v) is 9.48. The van der Waals surface area contributed by atoms with E-state index in [0.717, 1.165) is 47.3 Å². The van der Waals surface area contributed by atoms with Crippen LogP contribution in [-0.2, 0) is 0 Å². The van der Waals surface area contributed by atoms with E-state index < -0.39 is 0 Å². The first-order valence-electron chi connectivity index (χ1n) is 13.5. The van der Waals surface area contributed by atoms with Crippen LogP contribution in [0, 0.1) is 58.2 Å². The summed E-state index contributed by atoms with van der Waals surface area (Å²) in [6.07, 6.45) is 21.8. The van der Waals surface area contributed by atoms with Gasteiger partial charge in [0, 0.05) is 0 Å². The minimum Gasteiger partial charge on any atom is -0.0851 e. The SMILES string of the molecule is CCC(/C=C/[C@@H](C)C1CCC2C3CCC4CCCCC4(C)C3CCC21C)C(C)C. The Balaban J connectivity index is 1.50. The molecule has 0 heteroatoms. The molecule has 0 bridgehead atoms. The molecule has 0 aromatic heterocycles. The zero-order valence-corrected chi connectivity index (χ0v) is 20.6. The van der Waals surface area contributed by atoms with Crippen molar-refractivity contribution < 1.29 is 0 Å². The third kappa shape index (κ3) is 3.67. The molecule has 0 amide bonds. The molecule has 0 nitrogen and oxygen atoms in total. The fourth-order valence-electron chi connectivity index (χ4n) is 9.48. The highest BCUT2D eigenvalue weighted by molar-refractivity contribution is 5.11. The predicted molar refractivity (Wildman–Crippen MR) is 127 cm³/mol. The van der Waals surface area contributed by atoms with Gasteiger partial charge in [-0.15, -0.1) is 0 Å². The van der Waals surface area contributed by atoms with Gasteiger partial charge in [0.2, 0.25) is 0 Å². The van der Waals surface area contributed by atoms with Gasteiger partial charge < -0.3 is 0 Å². The lowest BCUT2D eigenvalue weighted by atomic mass is 9.44. The maximum absolute atomic E-state index is 2.73. The Bertz CT molecular complexity index is 587. The highest BCUT2D eigenvalue weighted by Gasteiger charge is 2.59. The molecule has 0 heterocycles. The maximum atomic E-state index is 2.73. The van der Waals surface area contributed by atoms with Gasteiger partial charge in [-0.1, -0.05) is 66.5 Å². The predicted octanol–water partition coefficient (Wildman–Crippen LogP) is 8.91. The van der Waals surface area contributed by atoms with Crippen molar-refractivity contribution in [3.05, 3.63) is 12.2 Å². The van der Waals surface area contributed by atoms with Gasteiger partial charge in [0.05, 0.1) is 0 Å². The van der Waals surface area contributed by atoms with E-state index in [0.29, 0.717) is 10.8 Å². The summed E-state index contributed by atoms with van der Waals surface area (Å²) < 4.78 is 0. The molecule has 0 radical (unpaired) electrons. The molecule has 4 aliphatic carbocycles. The van der Waals surface area contributed by atoms with Crippen molar-refractivity contribution >= 4 is 0 Å². The minimum atomic E-state index is 0.613. The smallest absolute Gasteiger partial charge is 0.0213 e. The molecule has 29 heavy (non-hydrogen) atoms. The number of allylic oxidation sites excluding steroid dienone is 2. The summed E-state index contributed by atoms with van der Waals surface area (Å²) in [5.74, 6) is 7.40. The molecule has 0 aromatic rings. The number of hydrogen-bond acceptors (Lipinski definition) is 0. The summed E-state index contributed by atoms with van der Waals surface area (Å²) in [7, 11) is 0. The molecule has 0 saturated heterocycles. The molecule has 0 spiro atoms. The van der Waals surface area contributed by atoms with Gasteiger partial charge in [0.15, 0.2) is 0 Å². The quantitative estimate of drug-likeness (QED) is 0.405. The second-order valence-electron chi connectivity index (χ2n) is 12.7. The van der Waals surface area contributed by atoms with Crippen molar-refractivity contribution in [3.63, 3.8) is 0 Å². The van der Waals surface area contributed by atoms with E-state index in [-0.39, 0.29) is 0 Å². The lowest BCUT2D eigenvalue weighted by molar-refractivity contribution is -0.112. The van der Waals surface area contributed by atoms with Crippen molar-refractivity contribution in [2.45, 2.75) is 112 Å². The highest BCUT2D eigenvalue weighted by Crippen LogP contribution is 2.68. The maximum Gasteiger partial charge on any atom is -0.0213 e. The number of hydrogen-bond donors (Lipinski definition) is 0. The van der Waals surface area contributed by atoms with Gasteiger partial charge in [0.25, 0.3) is 0 Å². The van der Waals surface area contributed by atoms with Crippen molar-refractivity contribution in [3.8, 4) is 0 Å². The summed E-state index contributed by atoms with van der Waals surface area (Å²) in [6.45, 7) is 15.1. The Kier molecular flexibility index (Phi) is 6.32. The van der Waals surface area contributed by atoms with E-state index in [4.69, 9.17) is 0 Å².